The maximum atomic E-state index is 12.7. The van der Waals surface area contributed by atoms with Crippen LogP contribution < -0.4 is 4.72 Å². The van der Waals surface area contributed by atoms with E-state index in [9.17, 15) is 8.42 Å². The zero-order chi connectivity index (χ0) is 22.2. The molecule has 0 saturated heterocycles. The Kier molecular flexibility index (Phi) is 6.33. The molecule has 4 nitrogen and oxygen atoms in total. The van der Waals surface area contributed by atoms with Crippen molar-refractivity contribution >= 4 is 73.0 Å². The maximum Gasteiger partial charge on any atom is 0.263 e. The Balaban J connectivity index is 1.62. The van der Waals surface area contributed by atoms with Gasteiger partial charge in [0.05, 0.1) is 16.2 Å². The predicted molar refractivity (Wildman–Crippen MR) is 128 cm³/mol. The SMILES string of the molecule is O=S(=O)(Nc1cc(Cl)c(Cc2cnc3ccccc3c2)c(Cl)c1)c1ccc(Cl)cc1Cl. The van der Waals surface area contributed by atoms with Crippen LogP contribution in [-0.2, 0) is 16.4 Å². The number of halogens is 4. The van der Waals surface area contributed by atoms with Gasteiger partial charge in [0.2, 0.25) is 0 Å². The standard InChI is InChI=1S/C22H14Cl4N2O2S/c23-15-5-6-22(20(26)9-15)31(29,30)28-16-10-18(24)17(19(25)11-16)8-13-7-14-3-1-2-4-21(14)27-12-13/h1-7,9-12,28H,8H2. The topological polar surface area (TPSA) is 59.1 Å². The van der Waals surface area contributed by atoms with Gasteiger partial charge in [-0.05, 0) is 53.6 Å². The van der Waals surface area contributed by atoms with Crippen LogP contribution in [0.4, 0.5) is 5.69 Å². The average Bonchev–Trinajstić information content (AvgIpc) is 2.70. The summed E-state index contributed by atoms with van der Waals surface area (Å²) in [6, 6.07) is 17.0. The van der Waals surface area contributed by atoms with Crippen LogP contribution in [0.3, 0.4) is 0 Å². The lowest BCUT2D eigenvalue weighted by molar-refractivity contribution is 0.601. The Bertz CT molecular complexity index is 1390. The molecule has 0 amide bonds. The lowest BCUT2D eigenvalue weighted by atomic mass is 10.0. The number of hydrogen-bond donors (Lipinski definition) is 1. The number of anilines is 1. The van der Waals surface area contributed by atoms with Gasteiger partial charge >= 0.3 is 0 Å². The van der Waals surface area contributed by atoms with E-state index in [4.69, 9.17) is 46.4 Å². The van der Waals surface area contributed by atoms with Crippen LogP contribution in [-0.4, -0.2) is 13.4 Å². The monoisotopic (exact) mass is 510 g/mol. The third kappa shape index (κ3) is 4.92. The number of hydrogen-bond acceptors (Lipinski definition) is 3. The van der Waals surface area contributed by atoms with Crippen LogP contribution in [0.15, 0.2) is 71.8 Å². The molecule has 1 heterocycles. The number of benzene rings is 3. The highest BCUT2D eigenvalue weighted by Gasteiger charge is 2.20. The van der Waals surface area contributed by atoms with E-state index >= 15 is 0 Å². The molecule has 0 atom stereocenters. The maximum absolute atomic E-state index is 12.7. The van der Waals surface area contributed by atoms with Crippen molar-refractivity contribution in [3.05, 3.63) is 98.1 Å². The highest BCUT2D eigenvalue weighted by Crippen LogP contribution is 2.33. The largest absolute Gasteiger partial charge is 0.279 e. The van der Waals surface area contributed by atoms with Crippen LogP contribution >= 0.6 is 46.4 Å². The summed E-state index contributed by atoms with van der Waals surface area (Å²) in [6.45, 7) is 0. The minimum atomic E-state index is -3.96. The summed E-state index contributed by atoms with van der Waals surface area (Å²) < 4.78 is 27.9. The van der Waals surface area contributed by atoms with Gasteiger partial charge in [-0.15, -0.1) is 0 Å². The molecule has 0 radical (unpaired) electrons. The highest BCUT2D eigenvalue weighted by atomic mass is 35.5. The summed E-state index contributed by atoms with van der Waals surface area (Å²) >= 11 is 24.8. The van der Waals surface area contributed by atoms with Crippen LogP contribution in [0.1, 0.15) is 11.1 Å². The second-order valence-electron chi connectivity index (χ2n) is 6.81. The third-order valence-electron chi connectivity index (χ3n) is 4.60. The zero-order valence-electron chi connectivity index (χ0n) is 15.7. The molecule has 9 heteroatoms. The molecule has 3 aromatic carbocycles. The summed E-state index contributed by atoms with van der Waals surface area (Å²) in [4.78, 5) is 4.35. The van der Waals surface area contributed by atoms with Crippen molar-refractivity contribution in [1.82, 2.24) is 4.98 Å². The Morgan fingerprint density at radius 1 is 0.839 bits per heavy atom. The van der Waals surface area contributed by atoms with Gasteiger partial charge in [-0.25, -0.2) is 8.42 Å². The fourth-order valence-electron chi connectivity index (χ4n) is 3.15. The minimum absolute atomic E-state index is 0.0117. The van der Waals surface area contributed by atoms with E-state index in [1.54, 1.807) is 6.20 Å². The molecule has 0 aliphatic rings. The number of pyridine rings is 1. The van der Waals surface area contributed by atoms with Gasteiger partial charge in [0.1, 0.15) is 4.90 Å². The number of sulfonamides is 1. The van der Waals surface area contributed by atoms with Gasteiger partial charge in [0, 0.05) is 33.1 Å². The second kappa shape index (κ2) is 8.85. The molecule has 31 heavy (non-hydrogen) atoms. The van der Waals surface area contributed by atoms with E-state index in [2.05, 4.69) is 9.71 Å². The molecule has 4 aromatic rings. The van der Waals surface area contributed by atoms with Crippen molar-refractivity contribution in [3.8, 4) is 0 Å². The van der Waals surface area contributed by atoms with Crippen molar-refractivity contribution in [3.63, 3.8) is 0 Å². The van der Waals surface area contributed by atoms with Gasteiger partial charge in [-0.2, -0.15) is 0 Å². The van der Waals surface area contributed by atoms with Crippen molar-refractivity contribution in [2.75, 3.05) is 4.72 Å². The van der Waals surface area contributed by atoms with E-state index in [1.807, 2.05) is 30.3 Å². The molecule has 0 aliphatic heterocycles. The summed E-state index contributed by atoms with van der Waals surface area (Å²) in [5.41, 5.74) is 2.73. The van der Waals surface area contributed by atoms with Crippen molar-refractivity contribution in [2.45, 2.75) is 11.3 Å². The van der Waals surface area contributed by atoms with E-state index in [-0.39, 0.29) is 15.6 Å². The first-order valence-corrected chi connectivity index (χ1v) is 12.0. The predicted octanol–water partition coefficient (Wildman–Crippen LogP) is 7.24. The van der Waals surface area contributed by atoms with E-state index in [0.717, 1.165) is 16.5 Å². The summed E-state index contributed by atoms with van der Waals surface area (Å²) in [6.07, 6.45) is 2.22. The van der Waals surface area contributed by atoms with Crippen LogP contribution in [0.2, 0.25) is 20.1 Å². The molecule has 1 N–H and O–H groups in total. The normalized spacial score (nSPS) is 11.6. The van der Waals surface area contributed by atoms with E-state index in [1.165, 1.54) is 30.3 Å². The number of para-hydroxylation sites is 1. The van der Waals surface area contributed by atoms with Crippen molar-refractivity contribution in [1.29, 1.82) is 0 Å². The number of nitrogens with zero attached hydrogens (tertiary/aromatic N) is 1. The lowest BCUT2D eigenvalue weighted by Crippen LogP contribution is -2.13. The molecular weight excluding hydrogens is 498 g/mol. The summed E-state index contributed by atoms with van der Waals surface area (Å²) in [5.74, 6) is 0. The zero-order valence-corrected chi connectivity index (χ0v) is 19.6. The molecule has 0 bridgehead atoms. The summed E-state index contributed by atoms with van der Waals surface area (Å²) in [5, 5.41) is 2.03. The molecule has 158 valence electrons. The Labute approximate surface area is 199 Å². The molecule has 0 unspecified atom stereocenters. The summed E-state index contributed by atoms with van der Waals surface area (Å²) in [7, 11) is -3.96. The lowest BCUT2D eigenvalue weighted by Gasteiger charge is -2.13. The first-order chi connectivity index (χ1) is 14.7. The highest BCUT2D eigenvalue weighted by molar-refractivity contribution is 7.92. The van der Waals surface area contributed by atoms with Crippen LogP contribution in [0, 0.1) is 0 Å². The molecule has 1 aromatic heterocycles. The Hall–Kier alpha value is -2.02. The number of fused-ring (bicyclic) bond motifs is 1. The fraction of sp³-hybridized carbons (Fsp3) is 0.0455. The van der Waals surface area contributed by atoms with Gasteiger partial charge < -0.3 is 0 Å². The molecule has 0 fully saturated rings. The van der Waals surface area contributed by atoms with Gasteiger partial charge in [0.25, 0.3) is 10.0 Å². The Morgan fingerprint density at radius 2 is 1.55 bits per heavy atom. The fourth-order valence-corrected chi connectivity index (χ4v) is 5.59. The number of rotatable bonds is 5. The van der Waals surface area contributed by atoms with Gasteiger partial charge in [0.15, 0.2) is 0 Å². The number of nitrogens with one attached hydrogen (secondary N) is 1. The van der Waals surface area contributed by atoms with Crippen molar-refractivity contribution in [2.24, 2.45) is 0 Å². The molecule has 4 rings (SSSR count). The van der Waals surface area contributed by atoms with Crippen LogP contribution in [0.25, 0.3) is 10.9 Å². The average molecular weight is 512 g/mol. The quantitative estimate of drug-likeness (QED) is 0.307. The first kappa shape index (κ1) is 22.2. The first-order valence-electron chi connectivity index (χ1n) is 9.02. The minimum Gasteiger partial charge on any atom is -0.279 e. The molecule has 0 aliphatic carbocycles. The van der Waals surface area contributed by atoms with Gasteiger partial charge in [-0.1, -0.05) is 64.6 Å². The second-order valence-corrected chi connectivity index (χ2v) is 10.1. The molecular formula is C22H14Cl4N2O2S. The Morgan fingerprint density at radius 3 is 2.26 bits per heavy atom. The van der Waals surface area contributed by atoms with Gasteiger partial charge in [-0.3, -0.25) is 9.71 Å². The van der Waals surface area contributed by atoms with Crippen LogP contribution in [0.5, 0.6) is 0 Å². The third-order valence-corrected chi connectivity index (χ3v) is 7.38. The van der Waals surface area contributed by atoms with Crippen molar-refractivity contribution < 1.29 is 8.42 Å². The van der Waals surface area contributed by atoms with E-state index < -0.39 is 10.0 Å². The van der Waals surface area contributed by atoms with E-state index in [0.29, 0.717) is 27.1 Å². The molecule has 0 spiro atoms. The molecule has 0 saturated carbocycles. The number of aromatic nitrogens is 1. The smallest absolute Gasteiger partial charge is 0.263 e.